The number of nitrogens with zero attached hydrogens (tertiary/aromatic N) is 1. The molecule has 0 aliphatic rings. The molecule has 7 nitrogen and oxygen atoms in total. The highest BCUT2D eigenvalue weighted by Gasteiger charge is 2.19. The normalized spacial score (nSPS) is 11.5. The first kappa shape index (κ1) is 21.1. The third-order valence-corrected chi connectivity index (χ3v) is 4.34. The van der Waals surface area contributed by atoms with Gasteiger partial charge in [0.05, 0.1) is 12.0 Å². The zero-order chi connectivity index (χ0) is 20.7. The van der Waals surface area contributed by atoms with Crippen LogP contribution in [0.15, 0.2) is 49.1 Å². The summed E-state index contributed by atoms with van der Waals surface area (Å²) in [7, 11) is 1.90. The van der Waals surface area contributed by atoms with Crippen LogP contribution in [-0.2, 0) is 11.3 Å². The van der Waals surface area contributed by atoms with Gasteiger partial charge in [-0.15, -0.1) is 0 Å². The lowest BCUT2D eigenvalue weighted by atomic mass is 10.1. The molecule has 0 saturated carbocycles. The smallest absolute Gasteiger partial charge is 0.293 e. The Balaban J connectivity index is 1.96. The van der Waals surface area contributed by atoms with E-state index in [4.69, 9.17) is 4.74 Å². The van der Waals surface area contributed by atoms with E-state index in [9.17, 15) is 14.9 Å². The number of carbonyl (C=O) groups excluding carboxylic acids is 1. The second kappa shape index (κ2) is 9.66. The van der Waals surface area contributed by atoms with Crippen LogP contribution in [-0.4, -0.2) is 31.0 Å². The van der Waals surface area contributed by atoms with E-state index in [-0.39, 0.29) is 23.8 Å². The fourth-order valence-electron chi connectivity index (χ4n) is 2.79. The minimum absolute atomic E-state index is 0.0933. The number of hydrogen-bond acceptors (Lipinski definition) is 4. The molecular weight excluding hydrogens is 358 g/mol. The number of ether oxygens (including phenoxy) is 1. The Morgan fingerprint density at radius 2 is 1.89 bits per heavy atom. The number of anilines is 1. The second-order valence-corrected chi connectivity index (χ2v) is 6.81. The Morgan fingerprint density at radius 1 is 1.25 bits per heavy atom. The van der Waals surface area contributed by atoms with Crippen LogP contribution in [0.4, 0.5) is 11.4 Å². The third kappa shape index (κ3) is 5.92. The molecule has 7 heteroatoms. The zero-order valence-electron chi connectivity index (χ0n) is 16.5. The van der Waals surface area contributed by atoms with Gasteiger partial charge >= 0.3 is 0 Å². The molecule has 2 N–H and O–H groups in total. The molecule has 0 aliphatic carbocycles. The van der Waals surface area contributed by atoms with Gasteiger partial charge in [-0.3, -0.25) is 14.9 Å². The lowest BCUT2D eigenvalue weighted by molar-refractivity contribution is -0.885. The first-order valence-corrected chi connectivity index (χ1v) is 8.99. The van der Waals surface area contributed by atoms with Crippen molar-refractivity contribution in [2.75, 3.05) is 25.5 Å². The minimum atomic E-state index is -0.478. The predicted octanol–water partition coefficient (Wildman–Crippen LogP) is 2.43. The summed E-state index contributed by atoms with van der Waals surface area (Å²) in [5.74, 6) is 0.496. The van der Waals surface area contributed by atoms with Gasteiger partial charge in [0.1, 0.15) is 24.6 Å². The van der Waals surface area contributed by atoms with E-state index in [1.54, 1.807) is 19.1 Å². The molecule has 0 spiro atoms. The van der Waals surface area contributed by atoms with Crippen LogP contribution in [0, 0.1) is 24.0 Å². The average Bonchev–Trinajstić information content (AvgIpc) is 2.63. The monoisotopic (exact) mass is 384 g/mol. The second-order valence-electron chi connectivity index (χ2n) is 6.81. The quantitative estimate of drug-likeness (QED) is 0.395. The van der Waals surface area contributed by atoms with E-state index in [1.165, 1.54) is 6.07 Å². The Morgan fingerprint density at radius 3 is 2.50 bits per heavy atom. The van der Waals surface area contributed by atoms with Crippen molar-refractivity contribution < 1.29 is 19.4 Å². The van der Waals surface area contributed by atoms with Gasteiger partial charge in [0.25, 0.3) is 11.6 Å². The molecule has 0 bridgehead atoms. The Bertz CT molecular complexity index is 863. The van der Waals surface area contributed by atoms with E-state index in [2.05, 4.69) is 11.9 Å². The van der Waals surface area contributed by atoms with Crippen LogP contribution in [0.5, 0.6) is 5.75 Å². The molecule has 1 amide bonds. The maximum atomic E-state index is 12.4. The Hall–Kier alpha value is -3.19. The molecule has 0 aliphatic heterocycles. The number of carbonyl (C=O) groups is 1. The van der Waals surface area contributed by atoms with Crippen molar-refractivity contribution in [2.45, 2.75) is 20.4 Å². The number of nitro benzene ring substituents is 1. The summed E-state index contributed by atoms with van der Waals surface area (Å²) >= 11 is 0. The number of nitrogens with one attached hydrogen (secondary N) is 2. The SMILES string of the molecule is C=CCOc1ccc(C[NH+](C)CC(=O)Nc2cc(C)c(C)cc2[N+](=O)[O-])cc1. The summed E-state index contributed by atoms with van der Waals surface area (Å²) in [5.41, 5.74) is 2.90. The predicted molar refractivity (Wildman–Crippen MR) is 109 cm³/mol. The molecule has 28 heavy (non-hydrogen) atoms. The molecule has 0 saturated heterocycles. The van der Waals surface area contributed by atoms with E-state index in [1.807, 2.05) is 38.2 Å². The third-order valence-electron chi connectivity index (χ3n) is 4.34. The largest absolute Gasteiger partial charge is 0.490 e. The van der Waals surface area contributed by atoms with Crippen LogP contribution in [0.25, 0.3) is 0 Å². The molecular formula is C21H26N3O4+. The zero-order valence-corrected chi connectivity index (χ0v) is 16.5. The summed E-state index contributed by atoms with van der Waals surface area (Å²) in [4.78, 5) is 24.1. The number of rotatable bonds is 9. The summed E-state index contributed by atoms with van der Waals surface area (Å²) in [5, 5.41) is 13.9. The van der Waals surface area contributed by atoms with Crippen molar-refractivity contribution in [2.24, 2.45) is 0 Å². The van der Waals surface area contributed by atoms with Gasteiger partial charge in [0, 0.05) is 11.6 Å². The molecule has 0 radical (unpaired) electrons. The fourth-order valence-corrected chi connectivity index (χ4v) is 2.79. The van der Waals surface area contributed by atoms with Gasteiger partial charge in [0.15, 0.2) is 6.54 Å². The lowest BCUT2D eigenvalue weighted by Crippen LogP contribution is -3.08. The van der Waals surface area contributed by atoms with Crippen molar-refractivity contribution in [3.8, 4) is 5.75 Å². The minimum Gasteiger partial charge on any atom is -0.490 e. The van der Waals surface area contributed by atoms with E-state index in [0.29, 0.717) is 13.2 Å². The molecule has 0 heterocycles. The molecule has 0 aromatic heterocycles. The molecule has 1 unspecified atom stereocenters. The number of nitro groups is 1. The standard InChI is InChI=1S/C21H25N3O4/c1-5-10-28-18-8-6-17(7-9-18)13-23(4)14-21(25)22-19-11-15(2)16(3)12-20(19)24(26)27/h5-9,11-12H,1,10,13-14H2,2-4H3,(H,22,25)/p+1. The summed E-state index contributed by atoms with van der Waals surface area (Å²) in [6, 6.07) is 10.8. The number of amides is 1. The van der Waals surface area contributed by atoms with Crippen molar-refractivity contribution >= 4 is 17.3 Å². The van der Waals surface area contributed by atoms with Crippen LogP contribution in [0.3, 0.4) is 0 Å². The Kier molecular flexibility index (Phi) is 7.28. The summed E-state index contributed by atoms with van der Waals surface area (Å²) in [6.45, 7) is 8.56. The van der Waals surface area contributed by atoms with Gasteiger partial charge in [-0.25, -0.2) is 0 Å². The van der Waals surface area contributed by atoms with Gasteiger partial charge in [-0.05, 0) is 55.3 Å². The highest BCUT2D eigenvalue weighted by molar-refractivity contribution is 5.94. The van der Waals surface area contributed by atoms with Gasteiger partial charge < -0.3 is 15.0 Å². The molecule has 0 fully saturated rings. The van der Waals surface area contributed by atoms with Crippen molar-refractivity contribution in [1.29, 1.82) is 0 Å². The number of hydrogen-bond donors (Lipinski definition) is 2. The number of quaternary nitrogens is 1. The molecule has 2 aromatic rings. The topological polar surface area (TPSA) is 85.9 Å². The van der Waals surface area contributed by atoms with E-state index < -0.39 is 4.92 Å². The van der Waals surface area contributed by atoms with Gasteiger partial charge in [-0.2, -0.15) is 0 Å². The number of benzene rings is 2. The highest BCUT2D eigenvalue weighted by Crippen LogP contribution is 2.27. The molecule has 2 aromatic carbocycles. The van der Waals surface area contributed by atoms with Crippen LogP contribution < -0.4 is 15.0 Å². The molecule has 148 valence electrons. The van der Waals surface area contributed by atoms with E-state index >= 15 is 0 Å². The van der Waals surface area contributed by atoms with E-state index in [0.717, 1.165) is 27.3 Å². The molecule has 2 rings (SSSR count). The van der Waals surface area contributed by atoms with Crippen LogP contribution in [0.2, 0.25) is 0 Å². The van der Waals surface area contributed by atoms with Gasteiger partial charge in [0.2, 0.25) is 0 Å². The first-order chi connectivity index (χ1) is 13.3. The van der Waals surface area contributed by atoms with Crippen LogP contribution >= 0.6 is 0 Å². The average molecular weight is 384 g/mol. The van der Waals surface area contributed by atoms with Gasteiger partial charge in [-0.1, -0.05) is 12.7 Å². The van der Waals surface area contributed by atoms with Crippen molar-refractivity contribution in [3.63, 3.8) is 0 Å². The highest BCUT2D eigenvalue weighted by atomic mass is 16.6. The first-order valence-electron chi connectivity index (χ1n) is 8.99. The van der Waals surface area contributed by atoms with Crippen molar-refractivity contribution in [1.82, 2.24) is 0 Å². The van der Waals surface area contributed by atoms with Crippen molar-refractivity contribution in [3.05, 3.63) is 75.9 Å². The molecule has 1 atom stereocenters. The summed E-state index contributed by atoms with van der Waals surface area (Å²) in [6.07, 6.45) is 1.68. The number of aryl methyl sites for hydroxylation is 2. The number of likely N-dealkylation sites (N-methyl/N-ethyl adjacent to an activating group) is 1. The Labute approximate surface area is 164 Å². The maximum absolute atomic E-state index is 12.4. The summed E-state index contributed by atoms with van der Waals surface area (Å²) < 4.78 is 5.45. The lowest BCUT2D eigenvalue weighted by Gasteiger charge is -2.15. The maximum Gasteiger partial charge on any atom is 0.293 e. The fraction of sp³-hybridized carbons (Fsp3) is 0.286. The van der Waals surface area contributed by atoms with Crippen LogP contribution in [0.1, 0.15) is 16.7 Å².